The predicted octanol–water partition coefficient (Wildman–Crippen LogP) is 7.80. The number of allylic oxidation sites excluding steroid dienone is 2. The van der Waals surface area contributed by atoms with Crippen molar-refractivity contribution in [2.24, 2.45) is 23.7 Å². The second kappa shape index (κ2) is 8.70. The van der Waals surface area contributed by atoms with Crippen molar-refractivity contribution in [2.75, 3.05) is 0 Å². The van der Waals surface area contributed by atoms with Gasteiger partial charge in [0.2, 0.25) is 6.29 Å². The molecule has 3 heteroatoms. The van der Waals surface area contributed by atoms with Gasteiger partial charge in [-0.3, -0.25) is 0 Å². The molecule has 32 heavy (non-hydrogen) atoms. The van der Waals surface area contributed by atoms with Crippen LogP contribution in [0.5, 0.6) is 11.5 Å². The van der Waals surface area contributed by atoms with E-state index in [1.807, 2.05) is 0 Å². The average molecular weight is 441 g/mol. The zero-order chi connectivity index (χ0) is 23.5. The highest BCUT2D eigenvalue weighted by Crippen LogP contribution is 2.58. The number of ether oxygens (including phenoxy) is 2. The van der Waals surface area contributed by atoms with Crippen LogP contribution in [0, 0.1) is 30.6 Å². The van der Waals surface area contributed by atoms with E-state index < -0.39 is 0 Å². The quantitative estimate of drug-likeness (QED) is 0.487. The second-order valence-corrected chi connectivity index (χ2v) is 11.6. The maximum atomic E-state index is 11.5. The van der Waals surface area contributed by atoms with Crippen molar-refractivity contribution >= 4 is 0 Å². The van der Waals surface area contributed by atoms with Crippen LogP contribution in [-0.4, -0.2) is 17.5 Å². The lowest BCUT2D eigenvalue weighted by Crippen LogP contribution is -2.46. The Hall–Kier alpha value is -1.48. The molecule has 0 saturated carbocycles. The van der Waals surface area contributed by atoms with Crippen molar-refractivity contribution in [1.82, 2.24) is 0 Å². The minimum atomic E-state index is -0.321. The monoisotopic (exact) mass is 440 g/mol. The van der Waals surface area contributed by atoms with Crippen LogP contribution in [0.4, 0.5) is 0 Å². The van der Waals surface area contributed by atoms with Crippen LogP contribution in [0.25, 0.3) is 0 Å². The Kier molecular flexibility index (Phi) is 6.44. The number of benzene rings is 1. The molecule has 178 valence electrons. The molecule has 1 aromatic rings. The first-order valence-electron chi connectivity index (χ1n) is 12.9. The van der Waals surface area contributed by atoms with Crippen molar-refractivity contribution < 1.29 is 14.6 Å². The van der Waals surface area contributed by atoms with Gasteiger partial charge in [0, 0.05) is 17.4 Å². The topological polar surface area (TPSA) is 38.7 Å². The lowest BCUT2D eigenvalue weighted by atomic mass is 9.62. The molecule has 0 bridgehead atoms. The van der Waals surface area contributed by atoms with E-state index in [1.54, 1.807) is 0 Å². The lowest BCUT2D eigenvalue weighted by molar-refractivity contribution is -0.206. The number of rotatable bonds is 3. The van der Waals surface area contributed by atoms with E-state index in [0.717, 1.165) is 18.4 Å². The van der Waals surface area contributed by atoms with Gasteiger partial charge in [-0.1, -0.05) is 46.3 Å². The highest BCUT2D eigenvalue weighted by Gasteiger charge is 2.43. The molecule has 1 fully saturated rings. The van der Waals surface area contributed by atoms with E-state index in [4.69, 9.17) is 9.47 Å². The summed E-state index contributed by atoms with van der Waals surface area (Å²) in [6.07, 6.45) is 5.78. The van der Waals surface area contributed by atoms with Gasteiger partial charge < -0.3 is 14.6 Å². The van der Waals surface area contributed by atoms with Crippen molar-refractivity contribution in [2.45, 2.75) is 112 Å². The highest BCUT2D eigenvalue weighted by atomic mass is 16.7. The summed E-state index contributed by atoms with van der Waals surface area (Å²) in [5.74, 6) is 4.26. The molecule has 4 rings (SSSR count). The maximum Gasteiger partial charge on any atom is 0.203 e. The van der Waals surface area contributed by atoms with Crippen LogP contribution in [0.2, 0.25) is 0 Å². The van der Waals surface area contributed by atoms with E-state index in [-0.39, 0.29) is 18.3 Å². The number of aromatic hydroxyl groups is 1. The van der Waals surface area contributed by atoms with Gasteiger partial charge >= 0.3 is 0 Å². The fraction of sp³-hybridized carbons (Fsp3) is 0.724. The molecule has 0 amide bonds. The maximum absolute atomic E-state index is 11.5. The first-order valence-corrected chi connectivity index (χ1v) is 12.9. The van der Waals surface area contributed by atoms with Gasteiger partial charge in [0.1, 0.15) is 0 Å². The molecular weight excluding hydrogens is 396 g/mol. The Labute approximate surface area is 195 Å². The number of hydrogen-bond acceptors (Lipinski definition) is 3. The Balaban J connectivity index is 1.86. The van der Waals surface area contributed by atoms with Crippen LogP contribution in [0.3, 0.4) is 0 Å². The molecule has 1 aromatic carbocycles. The normalized spacial score (nSPS) is 38.7. The van der Waals surface area contributed by atoms with Gasteiger partial charge in [-0.15, -0.1) is 0 Å². The minimum absolute atomic E-state index is 0.149. The average Bonchev–Trinajstić information content (AvgIpc) is 2.72. The molecule has 9 atom stereocenters. The summed E-state index contributed by atoms with van der Waals surface area (Å²) in [5.41, 5.74) is 6.46. The minimum Gasteiger partial charge on any atom is -0.504 e. The standard InChI is InChI=1S/C29H44O3/c1-14(2)12-22-13-16(4)23-11-10-15(3)24-26(23)25(22)20(8)27(30)28(24)32-29-19(7)17(5)18(6)21(9)31-29/h12,15-19,21-23,29-30H,10-11,13H2,1-9H3/t15-,16+,17?,18?,19?,21?,22+,23-,29?/m1/s1. The zero-order valence-electron chi connectivity index (χ0n) is 21.7. The summed E-state index contributed by atoms with van der Waals surface area (Å²) < 4.78 is 13.0. The summed E-state index contributed by atoms with van der Waals surface area (Å²) in [5, 5.41) is 11.5. The molecule has 1 aliphatic heterocycles. The van der Waals surface area contributed by atoms with Gasteiger partial charge in [-0.2, -0.15) is 0 Å². The van der Waals surface area contributed by atoms with Gasteiger partial charge in [-0.25, -0.2) is 0 Å². The third kappa shape index (κ3) is 3.79. The van der Waals surface area contributed by atoms with E-state index in [2.05, 4.69) is 68.4 Å². The fourth-order valence-corrected chi connectivity index (χ4v) is 6.77. The Morgan fingerprint density at radius 3 is 2.28 bits per heavy atom. The van der Waals surface area contributed by atoms with Crippen molar-refractivity contribution in [1.29, 1.82) is 0 Å². The fourth-order valence-electron chi connectivity index (χ4n) is 6.77. The molecule has 0 aromatic heterocycles. The number of phenols is 1. The number of phenolic OH excluding ortho intramolecular Hbond substituents is 1. The summed E-state index contributed by atoms with van der Waals surface area (Å²) in [6, 6.07) is 0. The van der Waals surface area contributed by atoms with Gasteiger partial charge in [0.05, 0.1) is 6.10 Å². The first kappa shape index (κ1) is 23.7. The van der Waals surface area contributed by atoms with Crippen LogP contribution in [0.1, 0.15) is 115 Å². The van der Waals surface area contributed by atoms with Crippen LogP contribution in [-0.2, 0) is 4.74 Å². The third-order valence-corrected chi connectivity index (χ3v) is 9.20. The van der Waals surface area contributed by atoms with E-state index >= 15 is 0 Å². The predicted molar refractivity (Wildman–Crippen MR) is 132 cm³/mol. The Bertz CT molecular complexity index is 896. The highest BCUT2D eigenvalue weighted by molar-refractivity contribution is 5.64. The number of hydrogen-bond donors (Lipinski definition) is 1. The second-order valence-electron chi connectivity index (χ2n) is 11.6. The smallest absolute Gasteiger partial charge is 0.203 e. The summed E-state index contributed by atoms with van der Waals surface area (Å²) in [4.78, 5) is 0. The van der Waals surface area contributed by atoms with Crippen molar-refractivity contribution in [3.05, 3.63) is 33.9 Å². The largest absolute Gasteiger partial charge is 0.504 e. The summed E-state index contributed by atoms with van der Waals surface area (Å²) in [7, 11) is 0. The summed E-state index contributed by atoms with van der Waals surface area (Å²) in [6.45, 7) is 20.1. The molecule has 3 aliphatic rings. The third-order valence-electron chi connectivity index (χ3n) is 9.20. The van der Waals surface area contributed by atoms with Gasteiger partial charge in [0.15, 0.2) is 11.5 Å². The van der Waals surface area contributed by atoms with E-state index in [1.165, 1.54) is 28.7 Å². The lowest BCUT2D eigenvalue weighted by Gasteiger charge is -2.45. The van der Waals surface area contributed by atoms with Crippen LogP contribution in [0.15, 0.2) is 11.6 Å². The van der Waals surface area contributed by atoms with E-state index in [0.29, 0.717) is 47.0 Å². The Morgan fingerprint density at radius 2 is 1.62 bits per heavy atom. The Morgan fingerprint density at radius 1 is 0.938 bits per heavy atom. The molecule has 0 radical (unpaired) electrons. The molecule has 3 nitrogen and oxygen atoms in total. The van der Waals surface area contributed by atoms with Gasteiger partial charge in [0.25, 0.3) is 0 Å². The van der Waals surface area contributed by atoms with Gasteiger partial charge in [-0.05, 0) is 93.2 Å². The van der Waals surface area contributed by atoms with Crippen molar-refractivity contribution in [3.63, 3.8) is 0 Å². The molecule has 2 aliphatic carbocycles. The summed E-state index contributed by atoms with van der Waals surface area (Å²) >= 11 is 0. The molecule has 1 heterocycles. The first-order chi connectivity index (χ1) is 15.0. The van der Waals surface area contributed by atoms with Crippen LogP contribution >= 0.6 is 0 Å². The van der Waals surface area contributed by atoms with Crippen LogP contribution < -0.4 is 4.74 Å². The SMILES string of the molecule is CC(C)=C[C@H]1C[C@H](C)[C@H]2CC[C@@H](C)c3c(OC4OC(C)C(C)C(C)C4C)c(O)c(C)c1c32. The zero-order valence-corrected chi connectivity index (χ0v) is 21.7. The van der Waals surface area contributed by atoms with E-state index in [9.17, 15) is 5.11 Å². The molecule has 5 unspecified atom stereocenters. The van der Waals surface area contributed by atoms with Crippen molar-refractivity contribution in [3.8, 4) is 11.5 Å². The molecule has 0 spiro atoms. The molecular formula is C29H44O3. The molecule has 1 saturated heterocycles. The molecule has 1 N–H and O–H groups in total.